The van der Waals surface area contributed by atoms with Gasteiger partial charge in [-0.2, -0.15) is 4.98 Å². The first-order valence-electron chi connectivity index (χ1n) is 4.67. The van der Waals surface area contributed by atoms with Crippen molar-refractivity contribution in [3.63, 3.8) is 0 Å². The molecule has 2 aromatic rings. The molecule has 2 rings (SSSR count). The summed E-state index contributed by atoms with van der Waals surface area (Å²) in [6, 6.07) is 0.602. The Hall–Kier alpha value is -1.76. The maximum atomic E-state index is 4.97. The number of rotatable bonds is 3. The van der Waals surface area contributed by atoms with E-state index >= 15 is 0 Å². The van der Waals surface area contributed by atoms with Crippen molar-refractivity contribution in [2.24, 2.45) is 0 Å². The summed E-state index contributed by atoms with van der Waals surface area (Å²) in [4.78, 5) is 16.2. The Morgan fingerprint density at radius 2 is 1.53 bits per heavy atom. The molecular weight excluding hydrogens is 288 g/mol. The zero-order valence-corrected chi connectivity index (χ0v) is 10.8. The fraction of sp³-hybridized carbons (Fsp3) is 0.200. The van der Waals surface area contributed by atoms with Crippen LogP contribution in [0.1, 0.15) is 0 Å². The smallest absolute Gasteiger partial charge is 0.316 e. The van der Waals surface area contributed by atoms with Gasteiger partial charge in [0.15, 0.2) is 0 Å². The molecule has 17 heavy (non-hydrogen) atoms. The van der Waals surface area contributed by atoms with E-state index in [1.807, 2.05) is 0 Å². The summed E-state index contributed by atoms with van der Waals surface area (Å²) in [5.74, 6) is 0. The molecule has 0 amide bonds. The third-order valence-corrected chi connectivity index (χ3v) is 2.57. The van der Waals surface area contributed by atoms with Crippen LogP contribution in [0.5, 0.6) is 12.0 Å². The molecule has 0 saturated heterocycles. The molecule has 0 atom stereocenters. The number of ether oxygens (including phenoxy) is 2. The molecule has 0 fully saturated rings. The van der Waals surface area contributed by atoms with Crippen molar-refractivity contribution >= 4 is 15.9 Å². The molecule has 0 radical (unpaired) electrons. The highest BCUT2D eigenvalue weighted by atomic mass is 79.9. The lowest BCUT2D eigenvalue weighted by atomic mass is 10.2. The van der Waals surface area contributed by atoms with E-state index in [9.17, 15) is 0 Å². The number of methoxy groups -OCH3 is 2. The Balaban J connectivity index is 2.43. The first kappa shape index (κ1) is 11.7. The van der Waals surface area contributed by atoms with E-state index in [0.29, 0.717) is 17.7 Å². The normalized spacial score (nSPS) is 10.1. The third-order valence-electron chi connectivity index (χ3n) is 1.99. The van der Waals surface area contributed by atoms with Crippen LogP contribution < -0.4 is 9.47 Å². The largest absolute Gasteiger partial charge is 0.467 e. The van der Waals surface area contributed by atoms with Gasteiger partial charge in [0.25, 0.3) is 0 Å². The van der Waals surface area contributed by atoms with E-state index in [1.165, 1.54) is 14.2 Å². The van der Waals surface area contributed by atoms with Crippen LogP contribution in [0, 0.1) is 0 Å². The minimum Gasteiger partial charge on any atom is -0.467 e. The molecule has 0 aliphatic rings. The van der Waals surface area contributed by atoms with Gasteiger partial charge in [0.2, 0.25) is 0 Å². The molecule has 6 nitrogen and oxygen atoms in total. The highest BCUT2D eigenvalue weighted by Gasteiger charge is 2.09. The van der Waals surface area contributed by atoms with Gasteiger partial charge in [-0.1, -0.05) is 0 Å². The zero-order valence-electron chi connectivity index (χ0n) is 9.22. The van der Waals surface area contributed by atoms with Gasteiger partial charge < -0.3 is 9.47 Å². The molecule has 88 valence electrons. The fourth-order valence-electron chi connectivity index (χ4n) is 1.20. The topological polar surface area (TPSA) is 70.0 Å². The molecular formula is C10H9BrN4O2. The molecule has 0 saturated carbocycles. The maximum absolute atomic E-state index is 4.97. The Kier molecular flexibility index (Phi) is 3.48. The van der Waals surface area contributed by atoms with Gasteiger partial charge in [-0.25, -0.2) is 15.0 Å². The third kappa shape index (κ3) is 2.50. The lowest BCUT2D eigenvalue weighted by Gasteiger charge is -2.05. The number of aromatic nitrogens is 4. The quantitative estimate of drug-likeness (QED) is 0.859. The van der Waals surface area contributed by atoms with Gasteiger partial charge in [-0.05, 0) is 15.9 Å². The van der Waals surface area contributed by atoms with Crippen LogP contribution in [0.25, 0.3) is 11.3 Å². The summed E-state index contributed by atoms with van der Waals surface area (Å²) in [5, 5.41) is 0. The van der Waals surface area contributed by atoms with Gasteiger partial charge in [-0.3, -0.25) is 0 Å². The van der Waals surface area contributed by atoms with Gasteiger partial charge in [0.05, 0.1) is 24.4 Å². The number of hydrogen-bond acceptors (Lipinski definition) is 6. The average molecular weight is 297 g/mol. The molecule has 0 N–H and O–H groups in total. The summed E-state index contributed by atoms with van der Waals surface area (Å²) < 4.78 is 10.6. The predicted molar refractivity (Wildman–Crippen MR) is 63.9 cm³/mol. The molecule has 0 aliphatic carbocycles. The second-order valence-electron chi connectivity index (χ2n) is 3.01. The van der Waals surface area contributed by atoms with E-state index in [-0.39, 0.29) is 0 Å². The first-order chi connectivity index (χ1) is 8.24. The Bertz CT molecular complexity index is 518. The molecule has 0 unspecified atom stereocenters. The summed E-state index contributed by atoms with van der Waals surface area (Å²) in [6.07, 6.45) is 4.86. The molecule has 0 aromatic carbocycles. The SMILES string of the molecule is COc1ncc(-c2nc(OC)ncc2Br)cn1. The van der Waals surface area contributed by atoms with Crippen molar-refractivity contribution in [2.75, 3.05) is 14.2 Å². The lowest BCUT2D eigenvalue weighted by molar-refractivity contribution is 0.379. The van der Waals surface area contributed by atoms with Crippen LogP contribution in [-0.2, 0) is 0 Å². The summed E-state index contributed by atoms with van der Waals surface area (Å²) in [5.41, 5.74) is 1.41. The minimum atomic E-state index is 0.291. The molecule has 2 heterocycles. The monoisotopic (exact) mass is 296 g/mol. The summed E-state index contributed by atoms with van der Waals surface area (Å²) in [6.45, 7) is 0. The van der Waals surface area contributed by atoms with Crippen molar-refractivity contribution in [2.45, 2.75) is 0 Å². The first-order valence-corrected chi connectivity index (χ1v) is 5.47. The van der Waals surface area contributed by atoms with Gasteiger partial charge >= 0.3 is 12.0 Å². The zero-order chi connectivity index (χ0) is 12.3. The van der Waals surface area contributed by atoms with Crippen LogP contribution in [0.4, 0.5) is 0 Å². The second kappa shape index (κ2) is 5.05. The summed E-state index contributed by atoms with van der Waals surface area (Å²) >= 11 is 3.36. The highest BCUT2D eigenvalue weighted by Crippen LogP contribution is 2.26. The Morgan fingerprint density at radius 1 is 0.941 bits per heavy atom. The van der Waals surface area contributed by atoms with Crippen LogP contribution in [0.15, 0.2) is 23.1 Å². The molecule has 2 aromatic heterocycles. The van der Waals surface area contributed by atoms with Crippen molar-refractivity contribution in [1.82, 2.24) is 19.9 Å². The van der Waals surface area contributed by atoms with Crippen LogP contribution in [0.3, 0.4) is 0 Å². The Morgan fingerprint density at radius 3 is 2.12 bits per heavy atom. The summed E-state index contributed by atoms with van der Waals surface area (Å²) in [7, 11) is 3.02. The van der Waals surface area contributed by atoms with E-state index in [2.05, 4.69) is 35.9 Å². The van der Waals surface area contributed by atoms with Crippen LogP contribution in [-0.4, -0.2) is 34.2 Å². The van der Waals surface area contributed by atoms with Crippen LogP contribution in [0.2, 0.25) is 0 Å². The maximum Gasteiger partial charge on any atom is 0.316 e. The van der Waals surface area contributed by atoms with Gasteiger partial charge in [0.1, 0.15) is 0 Å². The van der Waals surface area contributed by atoms with E-state index in [4.69, 9.17) is 9.47 Å². The van der Waals surface area contributed by atoms with Crippen molar-refractivity contribution < 1.29 is 9.47 Å². The van der Waals surface area contributed by atoms with E-state index in [0.717, 1.165) is 10.0 Å². The van der Waals surface area contributed by atoms with E-state index < -0.39 is 0 Å². The lowest BCUT2D eigenvalue weighted by Crippen LogP contribution is -1.96. The highest BCUT2D eigenvalue weighted by molar-refractivity contribution is 9.10. The Labute approximate surface area is 106 Å². The van der Waals surface area contributed by atoms with E-state index in [1.54, 1.807) is 18.6 Å². The van der Waals surface area contributed by atoms with Gasteiger partial charge in [-0.15, -0.1) is 0 Å². The molecule has 0 spiro atoms. The predicted octanol–water partition coefficient (Wildman–Crippen LogP) is 1.71. The molecule has 0 aliphatic heterocycles. The molecule has 7 heteroatoms. The van der Waals surface area contributed by atoms with Crippen molar-refractivity contribution in [1.29, 1.82) is 0 Å². The fourth-order valence-corrected chi connectivity index (χ4v) is 1.62. The van der Waals surface area contributed by atoms with Crippen molar-refractivity contribution in [3.05, 3.63) is 23.1 Å². The number of nitrogens with zero attached hydrogens (tertiary/aromatic N) is 4. The molecule has 0 bridgehead atoms. The number of halogens is 1. The average Bonchev–Trinajstić information content (AvgIpc) is 2.39. The standard InChI is InChI=1S/C10H9BrN4O2/c1-16-9-12-3-6(4-13-9)8-7(11)5-14-10(15-8)17-2/h3-5H,1-2H3. The number of hydrogen-bond donors (Lipinski definition) is 0. The van der Waals surface area contributed by atoms with Gasteiger partial charge in [0, 0.05) is 24.2 Å². The van der Waals surface area contributed by atoms with Crippen LogP contribution >= 0.6 is 15.9 Å². The minimum absolute atomic E-state index is 0.291. The van der Waals surface area contributed by atoms with Crippen molar-refractivity contribution in [3.8, 4) is 23.3 Å². The second-order valence-corrected chi connectivity index (χ2v) is 3.87.